The third kappa shape index (κ3) is 4.04. The van der Waals surface area contributed by atoms with Gasteiger partial charge in [-0.3, -0.25) is 0 Å². The average molecular weight is 618 g/mol. The molecular weight excluding hydrogens is 591 g/mol. The number of furan rings is 1. The third-order valence-corrected chi connectivity index (χ3v) is 10.6. The molecule has 10 rings (SSSR count). The number of para-hydroxylation sites is 3. The first-order valence-electron chi connectivity index (χ1n) is 15.9. The van der Waals surface area contributed by atoms with Gasteiger partial charge in [-0.05, 0) is 58.8 Å². The predicted octanol–water partition coefficient (Wildman–Crippen LogP) is 13.4. The zero-order chi connectivity index (χ0) is 30.9. The van der Waals surface area contributed by atoms with Gasteiger partial charge in [0.25, 0.3) is 0 Å². The van der Waals surface area contributed by atoms with E-state index in [2.05, 4.69) is 163 Å². The molecule has 0 amide bonds. The highest BCUT2D eigenvalue weighted by Gasteiger charge is 2.22. The van der Waals surface area contributed by atoms with Crippen LogP contribution in [-0.2, 0) is 0 Å². The van der Waals surface area contributed by atoms with Crippen molar-refractivity contribution in [1.29, 1.82) is 0 Å². The van der Waals surface area contributed by atoms with Crippen LogP contribution in [0.1, 0.15) is 0 Å². The number of hydrogen-bond donors (Lipinski definition) is 0. The zero-order valence-corrected chi connectivity index (χ0v) is 26.2. The Kier molecular flexibility index (Phi) is 5.78. The summed E-state index contributed by atoms with van der Waals surface area (Å²) in [5.41, 5.74) is 7.57. The lowest BCUT2D eigenvalue weighted by Crippen LogP contribution is -2.10. The van der Waals surface area contributed by atoms with Gasteiger partial charge in [0.1, 0.15) is 11.2 Å². The molecule has 2 nitrogen and oxygen atoms in total. The Morgan fingerprint density at radius 2 is 1.15 bits per heavy atom. The summed E-state index contributed by atoms with van der Waals surface area (Å²) in [5, 5.41) is 9.75. The van der Waals surface area contributed by atoms with Crippen LogP contribution in [0.5, 0.6) is 0 Å². The zero-order valence-electron chi connectivity index (χ0n) is 25.4. The largest absolute Gasteiger partial charge is 0.455 e. The molecule has 0 radical (unpaired) electrons. The minimum absolute atomic E-state index is 0.916. The molecule has 0 spiro atoms. The number of anilines is 3. The monoisotopic (exact) mass is 617 g/mol. The molecule has 0 saturated heterocycles. The summed E-state index contributed by atoms with van der Waals surface area (Å²) in [6.45, 7) is 0. The van der Waals surface area contributed by atoms with Gasteiger partial charge in [-0.1, -0.05) is 121 Å². The third-order valence-electron chi connectivity index (χ3n) is 9.42. The van der Waals surface area contributed by atoms with Crippen LogP contribution in [-0.4, -0.2) is 0 Å². The maximum atomic E-state index is 6.55. The quantitative estimate of drug-likeness (QED) is 0.195. The lowest BCUT2D eigenvalue weighted by atomic mass is 9.96. The molecule has 0 saturated carbocycles. The van der Waals surface area contributed by atoms with Gasteiger partial charge < -0.3 is 9.32 Å². The van der Waals surface area contributed by atoms with Gasteiger partial charge in [-0.15, -0.1) is 11.3 Å². The van der Waals surface area contributed by atoms with Crippen molar-refractivity contribution in [2.75, 3.05) is 4.90 Å². The number of benzene rings is 8. The van der Waals surface area contributed by atoms with E-state index in [9.17, 15) is 0 Å². The molecule has 0 aliphatic heterocycles. The Morgan fingerprint density at radius 1 is 0.447 bits per heavy atom. The summed E-state index contributed by atoms with van der Waals surface area (Å²) in [4.78, 5) is 2.42. The highest BCUT2D eigenvalue weighted by molar-refractivity contribution is 7.26. The minimum atomic E-state index is 0.916. The summed E-state index contributed by atoms with van der Waals surface area (Å²) in [6, 6.07) is 58.9. The molecule has 220 valence electrons. The molecule has 0 N–H and O–H groups in total. The van der Waals surface area contributed by atoms with Gasteiger partial charge in [-0.25, -0.2) is 0 Å². The van der Waals surface area contributed by atoms with Crippen LogP contribution in [0, 0.1) is 0 Å². The van der Waals surface area contributed by atoms with Gasteiger partial charge in [0.15, 0.2) is 0 Å². The summed E-state index contributed by atoms with van der Waals surface area (Å²) < 4.78 is 9.12. The summed E-state index contributed by atoms with van der Waals surface area (Å²) in [7, 11) is 0. The number of hydrogen-bond acceptors (Lipinski definition) is 3. The molecule has 47 heavy (non-hydrogen) atoms. The van der Waals surface area contributed by atoms with E-state index in [1.54, 1.807) is 0 Å². The molecular formula is C44H27NOS. The standard InChI is InChI=1S/C44H27NOS/c1-2-14-30(15-3-1)45(31-25-24-28-12-4-5-13-29(28)26-31)39-27-38-42-34(19-11-23-41(42)47-44(38)37-18-7-6-16-32(37)39)36-21-10-20-35-33-17-8-9-22-40(33)46-43(35)36/h1-27H. The molecule has 10 aromatic rings. The molecule has 3 heteroatoms. The van der Waals surface area contributed by atoms with Crippen LogP contribution >= 0.6 is 11.3 Å². The van der Waals surface area contributed by atoms with Gasteiger partial charge in [0.05, 0.1) is 5.69 Å². The summed E-state index contributed by atoms with van der Waals surface area (Å²) in [6.07, 6.45) is 0. The average Bonchev–Trinajstić information content (AvgIpc) is 3.71. The van der Waals surface area contributed by atoms with Crippen LogP contribution in [0.3, 0.4) is 0 Å². The molecule has 8 aromatic carbocycles. The van der Waals surface area contributed by atoms with E-state index in [1.807, 2.05) is 17.4 Å². The predicted molar refractivity (Wildman–Crippen MR) is 202 cm³/mol. The van der Waals surface area contributed by atoms with Crippen molar-refractivity contribution in [3.63, 3.8) is 0 Å². The first-order chi connectivity index (χ1) is 23.3. The Morgan fingerprint density at radius 3 is 2.04 bits per heavy atom. The Hall–Kier alpha value is -5.90. The fourth-order valence-corrected chi connectivity index (χ4v) is 8.57. The SMILES string of the molecule is c1ccc(N(c2ccc3ccccc3c2)c2cc3c(sc4cccc(-c5cccc6c5oc5ccccc56)c43)c3ccccc23)cc1. The molecule has 0 unspecified atom stereocenters. The van der Waals surface area contributed by atoms with Crippen molar-refractivity contribution in [1.82, 2.24) is 0 Å². The van der Waals surface area contributed by atoms with Crippen molar-refractivity contribution < 1.29 is 4.42 Å². The van der Waals surface area contributed by atoms with Crippen LogP contribution in [0.4, 0.5) is 17.1 Å². The Labute approximate surface area is 275 Å². The van der Waals surface area contributed by atoms with E-state index in [-0.39, 0.29) is 0 Å². The van der Waals surface area contributed by atoms with Crippen LogP contribution < -0.4 is 4.90 Å². The molecule has 2 heterocycles. The van der Waals surface area contributed by atoms with E-state index in [0.717, 1.165) is 44.6 Å². The molecule has 0 bridgehead atoms. The fraction of sp³-hybridized carbons (Fsp3) is 0. The fourth-order valence-electron chi connectivity index (χ4n) is 7.32. The summed E-state index contributed by atoms with van der Waals surface area (Å²) in [5.74, 6) is 0. The second kappa shape index (κ2) is 10.3. The van der Waals surface area contributed by atoms with Gasteiger partial charge in [-0.2, -0.15) is 0 Å². The number of nitrogens with zero attached hydrogens (tertiary/aromatic N) is 1. The van der Waals surface area contributed by atoms with Crippen molar-refractivity contribution in [3.05, 3.63) is 164 Å². The topological polar surface area (TPSA) is 16.4 Å². The van der Waals surface area contributed by atoms with Crippen LogP contribution in [0.2, 0.25) is 0 Å². The highest BCUT2D eigenvalue weighted by atomic mass is 32.1. The first-order valence-corrected chi connectivity index (χ1v) is 16.7. The molecule has 0 aliphatic carbocycles. The van der Waals surface area contributed by atoms with Crippen molar-refractivity contribution in [3.8, 4) is 11.1 Å². The molecule has 2 aromatic heterocycles. The van der Waals surface area contributed by atoms with Crippen molar-refractivity contribution >= 4 is 92.1 Å². The molecule has 0 fully saturated rings. The van der Waals surface area contributed by atoms with E-state index in [1.165, 1.54) is 47.3 Å². The number of rotatable bonds is 4. The summed E-state index contributed by atoms with van der Waals surface area (Å²) >= 11 is 1.88. The maximum absolute atomic E-state index is 6.55. The maximum Gasteiger partial charge on any atom is 0.143 e. The normalized spacial score (nSPS) is 11.8. The smallest absolute Gasteiger partial charge is 0.143 e. The van der Waals surface area contributed by atoms with E-state index >= 15 is 0 Å². The van der Waals surface area contributed by atoms with E-state index < -0.39 is 0 Å². The van der Waals surface area contributed by atoms with Gasteiger partial charge in [0, 0.05) is 58.7 Å². The molecule has 0 atom stereocenters. The Balaban J connectivity index is 1.30. The second-order valence-corrected chi connectivity index (χ2v) is 13.1. The van der Waals surface area contributed by atoms with Gasteiger partial charge >= 0.3 is 0 Å². The second-order valence-electron chi connectivity index (χ2n) is 12.1. The van der Waals surface area contributed by atoms with Crippen LogP contribution in [0.25, 0.3) is 74.8 Å². The van der Waals surface area contributed by atoms with Crippen molar-refractivity contribution in [2.45, 2.75) is 0 Å². The highest BCUT2D eigenvalue weighted by Crippen LogP contribution is 2.49. The minimum Gasteiger partial charge on any atom is -0.455 e. The van der Waals surface area contributed by atoms with Crippen LogP contribution in [0.15, 0.2) is 168 Å². The first kappa shape index (κ1) is 26.3. The lowest BCUT2D eigenvalue weighted by Gasteiger charge is -2.27. The number of thiophene rings is 1. The Bertz CT molecular complexity index is 2810. The van der Waals surface area contributed by atoms with Gasteiger partial charge in [0.2, 0.25) is 0 Å². The molecule has 0 aliphatic rings. The lowest BCUT2D eigenvalue weighted by molar-refractivity contribution is 0.670. The van der Waals surface area contributed by atoms with E-state index in [0.29, 0.717) is 0 Å². The van der Waals surface area contributed by atoms with Crippen molar-refractivity contribution in [2.24, 2.45) is 0 Å². The number of fused-ring (bicyclic) bond motifs is 9. The van der Waals surface area contributed by atoms with E-state index in [4.69, 9.17) is 4.42 Å².